The molecule has 0 fully saturated rings. The first-order valence-electron chi connectivity index (χ1n) is 36.4. The van der Waals surface area contributed by atoms with Crippen LogP contribution in [-0.2, 0) is 29.2 Å². The van der Waals surface area contributed by atoms with Crippen LogP contribution in [0.5, 0.6) is 0 Å². The number of carbonyl (C=O) groups excluding carboxylic acids is 3. The molecule has 3 unspecified atom stereocenters. The van der Waals surface area contributed by atoms with E-state index in [2.05, 4.69) is 93.7 Å². The summed E-state index contributed by atoms with van der Waals surface area (Å²) in [4.78, 5) is 65.2. The number of hydrogen-bond donors (Lipinski definition) is 15. The van der Waals surface area contributed by atoms with Crippen LogP contribution in [-0.4, -0.2) is 97.5 Å². The molecule has 27 nitrogen and oxygen atoms in total. The highest BCUT2D eigenvalue weighted by Crippen LogP contribution is 2.36. The fourth-order valence-electron chi connectivity index (χ4n) is 12.2. The highest BCUT2D eigenvalue weighted by atomic mass is 32.2. The van der Waals surface area contributed by atoms with Crippen LogP contribution in [0.4, 0.5) is 127 Å². The Morgan fingerprint density at radius 3 is 1.09 bits per heavy atom. The number of rotatable bonds is 9. The van der Waals surface area contributed by atoms with Crippen molar-refractivity contribution < 1.29 is 53.4 Å². The van der Waals surface area contributed by atoms with Crippen molar-refractivity contribution in [3.05, 3.63) is 254 Å². The zero-order chi connectivity index (χ0) is 82.2. The summed E-state index contributed by atoms with van der Waals surface area (Å²) in [6.45, 7) is 1.56. The average molecular weight is 1650 g/mol. The highest BCUT2D eigenvalue weighted by Gasteiger charge is 2.22. The van der Waals surface area contributed by atoms with Crippen molar-refractivity contribution in [2.75, 3.05) is 101 Å². The Hall–Kier alpha value is -13.7. The molecule has 3 aliphatic rings. The zero-order valence-corrected chi connectivity index (χ0v) is 64.3. The van der Waals surface area contributed by atoms with E-state index in [-0.39, 0.29) is 51.9 Å². The second-order valence-corrected chi connectivity index (χ2v) is 33.4. The number of urea groups is 3. The summed E-state index contributed by atoms with van der Waals surface area (Å²) in [6.07, 6.45) is 8.57. The van der Waals surface area contributed by atoms with Crippen LogP contribution in [0.3, 0.4) is 0 Å². The van der Waals surface area contributed by atoms with Crippen molar-refractivity contribution >= 4 is 134 Å². The normalized spacial score (nSPS) is 16.9. The molecule has 9 aromatic carbocycles. The zero-order valence-electron chi connectivity index (χ0n) is 61.9. The van der Waals surface area contributed by atoms with Crippen molar-refractivity contribution in [3.8, 4) is 33.4 Å². The Bertz CT molecular complexity index is 6070. The van der Waals surface area contributed by atoms with Gasteiger partial charge in [-0.15, -0.1) is 0 Å². The van der Waals surface area contributed by atoms with E-state index in [0.29, 0.717) is 147 Å². The van der Waals surface area contributed by atoms with Crippen LogP contribution in [0.2, 0.25) is 0 Å². The van der Waals surface area contributed by atoms with E-state index in [1.165, 1.54) is 66.7 Å². The Balaban J connectivity index is 0.000000152. The maximum Gasteiger partial charge on any atom is 0.323 e. The smallest absolute Gasteiger partial charge is 0.323 e. The minimum atomic E-state index is -2.93. The lowest BCUT2D eigenvalue weighted by Crippen LogP contribution is -2.20. The first-order valence-corrected chi connectivity index (χ1v) is 41.6. The van der Waals surface area contributed by atoms with Gasteiger partial charge in [-0.25, -0.2) is 82.6 Å². The number of benzene rings is 9. The second kappa shape index (κ2) is 36.6. The molecule has 12 bridgehead atoms. The number of nitrogens with zero attached hydrogens (tertiary/aromatic N) is 6. The van der Waals surface area contributed by atoms with Gasteiger partial charge >= 0.3 is 18.1 Å². The van der Waals surface area contributed by atoms with Crippen molar-refractivity contribution in [2.45, 2.75) is 53.2 Å². The summed E-state index contributed by atoms with van der Waals surface area (Å²) in [5.74, 6) is -0.645. The summed E-state index contributed by atoms with van der Waals surface area (Å²) in [7, 11) is -8.75. The number of nitrogens with one attached hydrogen (secondary N) is 15. The summed E-state index contributed by atoms with van der Waals surface area (Å²) in [5.41, 5.74) is 5.79. The predicted molar refractivity (Wildman–Crippen MR) is 444 cm³/mol. The Kier molecular flexibility index (Phi) is 25.4. The third kappa shape index (κ3) is 21.6. The molecule has 3 aliphatic heterocycles. The van der Waals surface area contributed by atoms with Crippen molar-refractivity contribution in [2.24, 2.45) is 0 Å². The van der Waals surface area contributed by atoms with E-state index in [4.69, 9.17) is 14.3 Å². The lowest BCUT2D eigenvalue weighted by Gasteiger charge is -2.14. The van der Waals surface area contributed by atoms with E-state index in [0.717, 1.165) is 29.3 Å². The van der Waals surface area contributed by atoms with Gasteiger partial charge in [-0.3, -0.25) is 0 Å². The van der Waals surface area contributed by atoms with Gasteiger partial charge in [0.15, 0.2) is 0 Å². The standard InChI is InChI=1S/3C27H25F2N7O2S/c28-21-8-1-2-9-23(21)34-27(37)35-24-11-10-17(14-22(24)29)20-16-32-26-33-18-6-5-7-19(15-18)39(30,38)13-4-3-12-31-25(20)36-26;28-18-7-9-19(10-8-18)34-27(37)35-24-11-6-17(14-23(24)29)22-16-32-26-33-20-4-3-5-21(15-20)39(30,38)13-2-1-12-31-25(22)36-26;28-18-8-11-23(29)24(14-18)35-27(37)34-19-9-6-17(7-10-19)22-16-32-26-33-20-4-3-5-21(15-20)39(30,38)13-2-1-12-31-25(22)36-26/h1-2,5-11,14-16,30H,3-4,12-13H2,(H2,34,35,37)(H2,31,32,33,36);2*3-11,14-16,30H,1-2,12-13H2,(H2,34,35,37)(H2,31,32,33,36). The van der Waals surface area contributed by atoms with Gasteiger partial charge in [0.25, 0.3) is 0 Å². The number of hydrogen-bond acceptors (Lipinski definition) is 21. The van der Waals surface area contributed by atoms with Crippen molar-refractivity contribution in [1.82, 2.24) is 29.9 Å². The van der Waals surface area contributed by atoms with Crippen LogP contribution in [0.1, 0.15) is 38.5 Å². The van der Waals surface area contributed by atoms with Crippen LogP contribution >= 0.6 is 0 Å². The molecule has 6 amide bonds. The molecule has 3 aromatic heterocycles. The number of anilines is 15. The molecule has 15 rings (SSSR count). The summed E-state index contributed by atoms with van der Waals surface area (Å²) < 4.78 is 148. The Morgan fingerprint density at radius 1 is 0.333 bits per heavy atom. The maximum absolute atomic E-state index is 15.0. The fourth-order valence-corrected chi connectivity index (χ4v) is 16.6. The van der Waals surface area contributed by atoms with Gasteiger partial charge in [0, 0.05) is 121 Å². The molecular weight excluding hydrogens is 1570 g/mol. The Labute approximate surface area is 668 Å². The van der Waals surface area contributed by atoms with Gasteiger partial charge in [0.05, 0.1) is 51.9 Å². The van der Waals surface area contributed by atoms with Crippen molar-refractivity contribution in [1.29, 1.82) is 14.3 Å². The molecule has 0 radical (unpaired) electrons. The number of carbonyl (C=O) groups is 3. The first kappa shape index (κ1) is 81.3. The molecule has 36 heteroatoms. The average Bonchev–Trinajstić information content (AvgIpc) is 1.81. The molecule has 0 saturated heterocycles. The van der Waals surface area contributed by atoms with Crippen LogP contribution < -0.4 is 63.8 Å². The molecule has 0 saturated carbocycles. The van der Waals surface area contributed by atoms with Gasteiger partial charge in [-0.1, -0.05) is 54.6 Å². The molecule has 117 heavy (non-hydrogen) atoms. The lowest BCUT2D eigenvalue weighted by molar-refractivity contribution is 0.261. The quantitative estimate of drug-likeness (QED) is 0.0597. The van der Waals surface area contributed by atoms with Gasteiger partial charge in [0.1, 0.15) is 52.4 Å². The molecule has 0 spiro atoms. The van der Waals surface area contributed by atoms with E-state index < -0.39 is 82.2 Å². The minimum absolute atomic E-state index is 0.0271. The minimum Gasteiger partial charge on any atom is -0.369 e. The second-order valence-electron chi connectivity index (χ2n) is 26.7. The maximum atomic E-state index is 15.0. The number of fused-ring (bicyclic) bond motifs is 12. The predicted octanol–water partition coefficient (Wildman–Crippen LogP) is 19.3. The van der Waals surface area contributed by atoms with E-state index in [1.54, 1.807) is 134 Å². The number of para-hydroxylation sites is 1. The SMILES string of the molecule is N=S1(=O)CCCCNc2nc(ncc2-c2ccc(NC(=O)Nc3cc(F)ccc3F)cc2)Nc2cccc1c2.N=S1(=O)CCCCNc2nc(ncc2-c2ccc(NC(=O)Nc3ccc(F)cc3)c(F)c2)Nc2cccc1c2.N=S1(=O)CCCCNc2nc(ncc2-c2ccc(NC(=O)Nc3ccccc3F)c(F)c2)Nc2cccc1c2. The first-order chi connectivity index (χ1) is 56.3. The third-order valence-corrected chi connectivity index (χ3v) is 23.8. The van der Waals surface area contributed by atoms with Crippen molar-refractivity contribution in [3.63, 3.8) is 0 Å². The van der Waals surface area contributed by atoms with Gasteiger partial charge in [-0.2, -0.15) is 15.0 Å². The van der Waals surface area contributed by atoms with Crippen LogP contribution in [0, 0.1) is 49.2 Å². The third-order valence-electron chi connectivity index (χ3n) is 18.1. The van der Waals surface area contributed by atoms with E-state index >= 15 is 8.78 Å². The summed E-state index contributed by atoms with van der Waals surface area (Å²) >= 11 is 0. The largest absolute Gasteiger partial charge is 0.369 e. The molecule has 600 valence electrons. The number of amides is 6. The van der Waals surface area contributed by atoms with Crippen LogP contribution in [0.15, 0.2) is 233 Å². The monoisotopic (exact) mass is 1650 g/mol. The van der Waals surface area contributed by atoms with Gasteiger partial charge in [-0.05, 0) is 195 Å². The van der Waals surface area contributed by atoms with Gasteiger partial charge in [0.2, 0.25) is 17.8 Å². The number of aromatic nitrogens is 6. The number of halogens is 6. The Morgan fingerprint density at radius 2 is 0.684 bits per heavy atom. The van der Waals surface area contributed by atoms with E-state index in [1.807, 2.05) is 0 Å². The molecule has 12 aromatic rings. The molecule has 15 N–H and O–H groups in total. The molecule has 0 aliphatic carbocycles. The molecule has 3 atom stereocenters. The summed E-state index contributed by atoms with van der Waals surface area (Å²) in [5, 5.41) is 33.7. The van der Waals surface area contributed by atoms with E-state index in [9.17, 15) is 44.6 Å². The topological polar surface area (TPSA) is 396 Å². The fraction of sp³-hybridized carbons (Fsp3) is 0.148. The van der Waals surface area contributed by atoms with Gasteiger partial charge < -0.3 is 63.8 Å². The highest BCUT2D eigenvalue weighted by molar-refractivity contribution is 7.93. The lowest BCUT2D eigenvalue weighted by atomic mass is 10.1. The molecular formula is C81H75F6N21O6S3. The van der Waals surface area contributed by atoms with Crippen LogP contribution in [0.25, 0.3) is 33.4 Å². The molecule has 6 heterocycles. The summed E-state index contributed by atoms with van der Waals surface area (Å²) in [6, 6.07) is 47.7.